The van der Waals surface area contributed by atoms with Gasteiger partial charge in [0, 0.05) is 76.3 Å². The molecule has 3 aliphatic heterocycles. The molecule has 75 heavy (non-hydrogen) atoms. The average molecular weight is 1080 g/mol. The van der Waals surface area contributed by atoms with E-state index in [0.29, 0.717) is 47.7 Å². The number of amides is 5. The number of likely N-dealkylation sites (N-methyl/N-ethyl adjacent to an activating group) is 2. The molecule has 0 bridgehead atoms. The van der Waals surface area contributed by atoms with Gasteiger partial charge in [-0.25, -0.2) is 13.2 Å². The molecule has 3 aromatic rings. The molecular formula is C54H68ClF6N7O7. The first-order valence-corrected chi connectivity index (χ1v) is 26.2. The number of anilines is 2. The Hall–Kier alpha value is -5.63. The topological polar surface area (TPSA) is 154 Å². The largest absolute Gasteiger partial charge is 0.403 e. The van der Waals surface area contributed by atoms with Gasteiger partial charge in [-0.3, -0.25) is 28.8 Å². The zero-order valence-corrected chi connectivity index (χ0v) is 44.0. The second-order valence-corrected chi connectivity index (χ2v) is 21.9. The summed E-state index contributed by atoms with van der Waals surface area (Å²) in [7, 11) is 3.23. The number of pyridine rings is 1. The standard InChI is InChI=1S/C54H68ClF6N7O7/c1-32(2)23-42-48(71)65(6)45(25-36-24-37(55)17-20-40(36)35-15-18-39(19-16-35)66-27-33(3)75-34(4)28-66)50(73)64(5)21-11-9-7-8-10-14-43(46(69)63-42)67-22-12-13-41(49(67)72)62-47(70)44-26-38(56)29-68(44)51(74)52(54(59,60)61)30-53(57,58)31-52/h12-13,15-20,22,24,32-34,38,42-45H,7-11,14,21,23,25-31H2,1-6H3,(H,62,70)(H,63,69)/t33-,34-,38-,42+,43+,44+,45+/m1/s1. The van der Waals surface area contributed by atoms with Gasteiger partial charge in [0.1, 0.15) is 36.0 Å². The van der Waals surface area contributed by atoms with Crippen LogP contribution in [0.25, 0.3) is 11.1 Å². The molecule has 4 fully saturated rings. The van der Waals surface area contributed by atoms with Crippen LogP contribution in [0.5, 0.6) is 0 Å². The van der Waals surface area contributed by atoms with Crippen molar-refractivity contribution in [3.8, 4) is 11.1 Å². The van der Waals surface area contributed by atoms with Crippen molar-refractivity contribution in [3.05, 3.63) is 81.7 Å². The summed E-state index contributed by atoms with van der Waals surface area (Å²) in [5.74, 6) is -8.62. The number of carbonyl (C=O) groups is 5. The molecule has 0 radical (unpaired) electrons. The lowest BCUT2D eigenvalue weighted by Crippen LogP contribution is -2.64. The summed E-state index contributed by atoms with van der Waals surface area (Å²) in [5.41, 5.74) is -1.45. The molecule has 1 saturated carbocycles. The minimum Gasteiger partial charge on any atom is -0.372 e. The summed E-state index contributed by atoms with van der Waals surface area (Å²) in [5, 5.41) is 5.62. The van der Waals surface area contributed by atoms with Gasteiger partial charge in [0.25, 0.3) is 11.5 Å². The smallest absolute Gasteiger partial charge is 0.372 e. The Morgan fingerprint density at radius 2 is 1.55 bits per heavy atom. The number of hydrogen-bond acceptors (Lipinski definition) is 8. The molecule has 3 saturated heterocycles. The minimum absolute atomic E-state index is 0.0671. The van der Waals surface area contributed by atoms with Gasteiger partial charge in [0.05, 0.1) is 18.8 Å². The number of benzene rings is 2. The molecule has 1 aromatic heterocycles. The maximum Gasteiger partial charge on any atom is 0.403 e. The third-order valence-corrected chi connectivity index (χ3v) is 15.2. The average Bonchev–Trinajstić information content (AvgIpc) is 3.73. The molecule has 2 N–H and O–H groups in total. The zero-order chi connectivity index (χ0) is 54.7. The maximum atomic E-state index is 14.9. The Morgan fingerprint density at radius 3 is 2.19 bits per heavy atom. The van der Waals surface area contributed by atoms with Gasteiger partial charge in [-0.05, 0) is 92.1 Å². The van der Waals surface area contributed by atoms with Crippen LogP contribution in [0.2, 0.25) is 5.02 Å². The van der Waals surface area contributed by atoms with E-state index < -0.39 is 109 Å². The number of ether oxygens (including phenoxy) is 1. The first-order valence-electron chi connectivity index (χ1n) is 25.8. The van der Waals surface area contributed by atoms with Crippen LogP contribution < -0.4 is 21.1 Å². The number of nitrogens with zero attached hydrogens (tertiary/aromatic N) is 5. The van der Waals surface area contributed by atoms with Gasteiger partial charge >= 0.3 is 6.18 Å². The molecule has 7 atom stereocenters. The Balaban J connectivity index is 1.15. The Kier molecular flexibility index (Phi) is 17.7. The summed E-state index contributed by atoms with van der Waals surface area (Å²) < 4.78 is 92.3. The molecule has 410 valence electrons. The number of likely N-dealkylation sites (tertiary alicyclic amines) is 1. The van der Waals surface area contributed by atoms with E-state index >= 15 is 0 Å². The zero-order valence-electron chi connectivity index (χ0n) is 43.2. The van der Waals surface area contributed by atoms with Crippen molar-refractivity contribution in [1.29, 1.82) is 0 Å². The van der Waals surface area contributed by atoms with Gasteiger partial charge in [-0.15, -0.1) is 0 Å². The Bertz CT molecular complexity index is 2620. The molecule has 21 heteroatoms. The van der Waals surface area contributed by atoms with Crippen molar-refractivity contribution >= 4 is 52.5 Å². The first-order chi connectivity index (χ1) is 35.3. The lowest BCUT2D eigenvalue weighted by molar-refractivity contribution is -0.299. The van der Waals surface area contributed by atoms with Gasteiger partial charge < -0.3 is 39.5 Å². The first kappa shape index (κ1) is 57.1. The highest BCUT2D eigenvalue weighted by Crippen LogP contribution is 2.61. The van der Waals surface area contributed by atoms with E-state index in [9.17, 15) is 55.1 Å². The van der Waals surface area contributed by atoms with Crippen LogP contribution in [0.3, 0.4) is 0 Å². The maximum absolute atomic E-state index is 14.9. The predicted molar refractivity (Wildman–Crippen MR) is 272 cm³/mol. The molecule has 2 aromatic carbocycles. The van der Waals surface area contributed by atoms with Crippen LogP contribution >= 0.6 is 11.6 Å². The van der Waals surface area contributed by atoms with E-state index in [0.717, 1.165) is 40.9 Å². The molecule has 7 rings (SSSR count). The van der Waals surface area contributed by atoms with Crippen LogP contribution in [0.4, 0.5) is 37.7 Å². The van der Waals surface area contributed by atoms with Crippen LogP contribution in [0.1, 0.15) is 104 Å². The number of morpholine rings is 1. The summed E-state index contributed by atoms with van der Waals surface area (Å²) in [6.45, 7) is 8.74. The highest BCUT2D eigenvalue weighted by molar-refractivity contribution is 6.30. The molecule has 5 amide bonds. The summed E-state index contributed by atoms with van der Waals surface area (Å²) >= 11 is 6.65. The quantitative estimate of drug-likeness (QED) is 0.192. The van der Waals surface area contributed by atoms with Gasteiger partial charge in [0.2, 0.25) is 29.5 Å². The van der Waals surface area contributed by atoms with E-state index in [1.807, 2.05) is 58.0 Å². The van der Waals surface area contributed by atoms with Crippen LogP contribution in [0, 0.1) is 11.3 Å². The van der Waals surface area contributed by atoms with E-state index in [-0.39, 0.29) is 43.3 Å². The molecule has 0 unspecified atom stereocenters. The lowest BCUT2D eigenvalue weighted by atomic mass is 9.64. The fraction of sp³-hybridized carbons (Fsp3) is 0.593. The van der Waals surface area contributed by atoms with E-state index in [2.05, 4.69) is 15.5 Å². The number of carbonyl (C=O) groups excluding carboxylic acids is 5. The van der Waals surface area contributed by atoms with E-state index in [1.165, 1.54) is 30.3 Å². The van der Waals surface area contributed by atoms with Gasteiger partial charge in [0.15, 0.2) is 5.41 Å². The predicted octanol–water partition coefficient (Wildman–Crippen LogP) is 8.59. The van der Waals surface area contributed by atoms with E-state index in [1.54, 1.807) is 24.1 Å². The SMILES string of the molecule is CC(C)C[C@@H]1NC(=O)[C@@H](n2cccc(NC(=O)[C@@H]3C[C@@H](F)CN3C(=O)C3(C(F)(F)F)CC(F)(F)C3)c2=O)CCCCCCCN(C)C(=O)[C@H](Cc2cc(Cl)ccc2-c2ccc(N3C[C@@H](C)O[C@H](C)C3)cc2)N(C)C1=O. The number of alkyl halides is 6. The normalized spacial score (nSPS) is 26.3. The highest BCUT2D eigenvalue weighted by Gasteiger charge is 2.75. The van der Waals surface area contributed by atoms with Crippen molar-refractivity contribution in [2.75, 3.05) is 50.5 Å². The monoisotopic (exact) mass is 1080 g/mol. The Morgan fingerprint density at radius 1 is 0.893 bits per heavy atom. The highest BCUT2D eigenvalue weighted by atomic mass is 35.5. The van der Waals surface area contributed by atoms with Gasteiger partial charge in [-0.2, -0.15) is 13.2 Å². The number of halogens is 7. The molecule has 14 nitrogen and oxygen atoms in total. The van der Waals surface area contributed by atoms with Crippen LogP contribution in [-0.2, 0) is 35.1 Å². The van der Waals surface area contributed by atoms with Gasteiger partial charge in [-0.1, -0.05) is 69.3 Å². The molecular weight excluding hydrogens is 1010 g/mol. The Labute approximate surface area is 438 Å². The lowest BCUT2D eigenvalue weighted by Gasteiger charge is -2.48. The summed E-state index contributed by atoms with van der Waals surface area (Å²) in [6, 6.07) is 10.7. The van der Waals surface area contributed by atoms with Crippen molar-refractivity contribution in [2.45, 2.75) is 153 Å². The minimum atomic E-state index is -5.42. The number of aromatic nitrogens is 1. The summed E-state index contributed by atoms with van der Waals surface area (Å²) in [6.07, 6.45) is -6.94. The molecule has 4 heterocycles. The number of hydrogen-bond donors (Lipinski definition) is 2. The third kappa shape index (κ3) is 13.0. The third-order valence-electron chi connectivity index (χ3n) is 15.0. The van der Waals surface area contributed by atoms with Crippen molar-refractivity contribution in [3.63, 3.8) is 0 Å². The molecule has 1 aliphatic carbocycles. The van der Waals surface area contributed by atoms with E-state index in [4.69, 9.17) is 16.3 Å². The van der Waals surface area contributed by atoms with Crippen LogP contribution in [-0.4, -0.2) is 138 Å². The number of rotatable bonds is 10. The summed E-state index contributed by atoms with van der Waals surface area (Å²) in [4.78, 5) is 91.3. The fourth-order valence-corrected chi connectivity index (χ4v) is 11.3. The van der Waals surface area contributed by atoms with Crippen molar-refractivity contribution in [2.24, 2.45) is 11.3 Å². The second kappa shape index (κ2) is 23.3. The second-order valence-electron chi connectivity index (χ2n) is 21.4. The number of nitrogens with one attached hydrogen (secondary N) is 2. The van der Waals surface area contributed by atoms with Crippen molar-refractivity contribution in [1.82, 2.24) is 24.6 Å². The fourth-order valence-electron chi connectivity index (χ4n) is 11.1. The van der Waals surface area contributed by atoms with Crippen molar-refractivity contribution < 1.29 is 55.1 Å². The van der Waals surface area contributed by atoms with Crippen LogP contribution in [0.15, 0.2) is 65.6 Å². The molecule has 0 spiro atoms. The molecule has 4 aliphatic rings.